The SMILES string of the molecule is CCN(CC(C)C(=O)O)C(=O)c1ccc(C)[nH]c1=O. The molecule has 0 saturated carbocycles. The van der Waals surface area contributed by atoms with Gasteiger partial charge in [-0.05, 0) is 26.0 Å². The van der Waals surface area contributed by atoms with E-state index in [1.807, 2.05) is 0 Å². The zero-order valence-electron chi connectivity index (χ0n) is 11.3. The number of carbonyl (C=O) groups excluding carboxylic acids is 1. The van der Waals surface area contributed by atoms with Gasteiger partial charge in [-0.2, -0.15) is 0 Å². The van der Waals surface area contributed by atoms with Crippen LogP contribution < -0.4 is 5.56 Å². The molecule has 1 aromatic heterocycles. The Bertz CT molecular complexity index is 536. The second-order valence-corrected chi connectivity index (χ2v) is 4.47. The fourth-order valence-electron chi connectivity index (χ4n) is 1.68. The molecule has 0 fully saturated rings. The van der Waals surface area contributed by atoms with Crippen LogP contribution in [0, 0.1) is 12.8 Å². The Kier molecular flexibility index (Phi) is 4.86. The number of nitrogens with one attached hydrogen (secondary N) is 1. The van der Waals surface area contributed by atoms with E-state index in [1.165, 1.54) is 17.9 Å². The summed E-state index contributed by atoms with van der Waals surface area (Å²) >= 11 is 0. The van der Waals surface area contributed by atoms with E-state index in [2.05, 4.69) is 4.98 Å². The molecule has 19 heavy (non-hydrogen) atoms. The highest BCUT2D eigenvalue weighted by Crippen LogP contribution is 2.05. The van der Waals surface area contributed by atoms with E-state index in [9.17, 15) is 14.4 Å². The molecule has 2 N–H and O–H groups in total. The molecule has 0 aliphatic carbocycles. The maximum atomic E-state index is 12.2. The van der Waals surface area contributed by atoms with Crippen molar-refractivity contribution in [2.45, 2.75) is 20.8 Å². The molecule has 104 valence electrons. The number of rotatable bonds is 5. The summed E-state index contributed by atoms with van der Waals surface area (Å²) in [6.45, 7) is 5.42. The molecule has 0 bridgehead atoms. The average Bonchev–Trinajstić information content (AvgIpc) is 2.34. The van der Waals surface area contributed by atoms with Gasteiger partial charge in [0.15, 0.2) is 0 Å². The summed E-state index contributed by atoms with van der Waals surface area (Å²) in [5, 5.41) is 8.86. The van der Waals surface area contributed by atoms with Crippen LogP contribution in [-0.2, 0) is 4.79 Å². The predicted molar refractivity (Wildman–Crippen MR) is 70.2 cm³/mol. The van der Waals surface area contributed by atoms with Crippen LogP contribution in [0.15, 0.2) is 16.9 Å². The van der Waals surface area contributed by atoms with Crippen molar-refractivity contribution in [2.75, 3.05) is 13.1 Å². The van der Waals surface area contributed by atoms with Crippen LogP contribution in [0.4, 0.5) is 0 Å². The number of amides is 1. The Morgan fingerprint density at radius 1 is 1.42 bits per heavy atom. The average molecular weight is 266 g/mol. The van der Waals surface area contributed by atoms with Crippen molar-refractivity contribution in [3.8, 4) is 0 Å². The number of aromatic nitrogens is 1. The Hall–Kier alpha value is -2.11. The fourth-order valence-corrected chi connectivity index (χ4v) is 1.68. The second-order valence-electron chi connectivity index (χ2n) is 4.47. The van der Waals surface area contributed by atoms with Gasteiger partial charge in [0.1, 0.15) is 5.56 Å². The standard InChI is InChI=1S/C13H18N2O4/c1-4-15(7-8(2)13(18)19)12(17)10-6-5-9(3)14-11(10)16/h5-6,8H,4,7H2,1-3H3,(H,14,16)(H,18,19). The lowest BCUT2D eigenvalue weighted by atomic mass is 10.1. The van der Waals surface area contributed by atoms with Crippen LogP contribution in [0.1, 0.15) is 29.9 Å². The van der Waals surface area contributed by atoms with E-state index in [4.69, 9.17) is 5.11 Å². The molecule has 0 aliphatic heterocycles. The third-order valence-corrected chi connectivity index (χ3v) is 2.87. The fraction of sp³-hybridized carbons (Fsp3) is 0.462. The van der Waals surface area contributed by atoms with Crippen LogP contribution in [0.25, 0.3) is 0 Å². The molecule has 0 saturated heterocycles. The number of aliphatic carboxylic acids is 1. The van der Waals surface area contributed by atoms with Crippen molar-refractivity contribution >= 4 is 11.9 Å². The van der Waals surface area contributed by atoms with Crippen LogP contribution in [0.2, 0.25) is 0 Å². The number of H-pyrrole nitrogens is 1. The van der Waals surface area contributed by atoms with Crippen LogP contribution in [0.3, 0.4) is 0 Å². The molecule has 0 spiro atoms. The minimum absolute atomic E-state index is 0.0324. The lowest BCUT2D eigenvalue weighted by molar-refractivity contribution is -0.141. The molecule has 6 nitrogen and oxygen atoms in total. The molecule has 1 amide bonds. The van der Waals surface area contributed by atoms with E-state index < -0.39 is 23.4 Å². The minimum Gasteiger partial charge on any atom is -0.481 e. The number of hydrogen-bond acceptors (Lipinski definition) is 3. The molecular formula is C13H18N2O4. The topological polar surface area (TPSA) is 90.5 Å². The van der Waals surface area contributed by atoms with Gasteiger partial charge < -0.3 is 15.0 Å². The molecule has 1 rings (SSSR count). The second kappa shape index (κ2) is 6.17. The van der Waals surface area contributed by atoms with Crippen molar-refractivity contribution in [3.05, 3.63) is 33.7 Å². The lowest BCUT2D eigenvalue weighted by Crippen LogP contribution is -2.39. The molecule has 1 atom stereocenters. The molecule has 0 radical (unpaired) electrons. The van der Waals surface area contributed by atoms with Gasteiger partial charge in [0.05, 0.1) is 5.92 Å². The smallest absolute Gasteiger partial charge is 0.308 e. The largest absolute Gasteiger partial charge is 0.481 e. The number of aromatic amines is 1. The van der Waals surface area contributed by atoms with Crippen molar-refractivity contribution < 1.29 is 14.7 Å². The van der Waals surface area contributed by atoms with E-state index >= 15 is 0 Å². The lowest BCUT2D eigenvalue weighted by Gasteiger charge is -2.22. The maximum absolute atomic E-state index is 12.2. The predicted octanol–water partition coefficient (Wildman–Crippen LogP) is 0.866. The van der Waals surface area contributed by atoms with Crippen LogP contribution in [-0.4, -0.2) is 40.0 Å². The maximum Gasteiger partial charge on any atom is 0.308 e. The van der Waals surface area contributed by atoms with E-state index in [0.717, 1.165) is 0 Å². The number of pyridine rings is 1. The van der Waals surface area contributed by atoms with Gasteiger partial charge in [-0.25, -0.2) is 0 Å². The van der Waals surface area contributed by atoms with Gasteiger partial charge in [0.2, 0.25) is 0 Å². The first-order valence-corrected chi connectivity index (χ1v) is 6.08. The van der Waals surface area contributed by atoms with E-state index in [1.54, 1.807) is 19.9 Å². The number of carbonyl (C=O) groups is 2. The van der Waals surface area contributed by atoms with Crippen LogP contribution in [0.5, 0.6) is 0 Å². The number of aryl methyl sites for hydroxylation is 1. The summed E-state index contributed by atoms with van der Waals surface area (Å²) in [6, 6.07) is 3.10. The Balaban J connectivity index is 2.96. The summed E-state index contributed by atoms with van der Waals surface area (Å²) in [4.78, 5) is 38.6. The summed E-state index contributed by atoms with van der Waals surface area (Å²) in [5.41, 5.74) is 0.250. The van der Waals surface area contributed by atoms with E-state index in [0.29, 0.717) is 12.2 Å². The van der Waals surface area contributed by atoms with Gasteiger partial charge in [-0.15, -0.1) is 0 Å². The zero-order valence-corrected chi connectivity index (χ0v) is 11.3. The molecule has 1 unspecified atom stereocenters. The van der Waals surface area contributed by atoms with Gasteiger partial charge in [-0.3, -0.25) is 14.4 Å². The highest BCUT2D eigenvalue weighted by atomic mass is 16.4. The number of carboxylic acid groups (broad SMARTS) is 1. The normalized spacial score (nSPS) is 11.9. The van der Waals surface area contributed by atoms with Crippen molar-refractivity contribution in [3.63, 3.8) is 0 Å². The van der Waals surface area contributed by atoms with Gasteiger partial charge in [0, 0.05) is 18.8 Å². The zero-order chi connectivity index (χ0) is 14.6. The molecule has 6 heteroatoms. The molecule has 0 aromatic carbocycles. The summed E-state index contributed by atoms with van der Waals surface area (Å²) in [5.74, 6) is -2.09. The number of nitrogens with zero attached hydrogens (tertiary/aromatic N) is 1. The quantitative estimate of drug-likeness (QED) is 0.827. The minimum atomic E-state index is -0.968. The van der Waals surface area contributed by atoms with Crippen molar-refractivity contribution in [1.82, 2.24) is 9.88 Å². The van der Waals surface area contributed by atoms with Crippen LogP contribution >= 0.6 is 0 Å². The van der Waals surface area contributed by atoms with E-state index in [-0.39, 0.29) is 12.1 Å². The summed E-state index contributed by atoms with van der Waals surface area (Å²) < 4.78 is 0. The third kappa shape index (κ3) is 3.67. The molecule has 1 aromatic rings. The Morgan fingerprint density at radius 2 is 2.05 bits per heavy atom. The highest BCUT2D eigenvalue weighted by Gasteiger charge is 2.22. The molecule has 1 heterocycles. The molecular weight excluding hydrogens is 248 g/mol. The van der Waals surface area contributed by atoms with Gasteiger partial charge >= 0.3 is 5.97 Å². The first-order chi connectivity index (χ1) is 8.86. The summed E-state index contributed by atoms with van der Waals surface area (Å²) in [7, 11) is 0. The Labute approximate surface area is 111 Å². The van der Waals surface area contributed by atoms with Crippen molar-refractivity contribution in [2.24, 2.45) is 5.92 Å². The molecule has 0 aliphatic rings. The van der Waals surface area contributed by atoms with Gasteiger partial charge in [0.25, 0.3) is 11.5 Å². The first-order valence-electron chi connectivity index (χ1n) is 6.08. The highest BCUT2D eigenvalue weighted by molar-refractivity contribution is 5.94. The first kappa shape index (κ1) is 14.9. The number of carboxylic acids is 1. The van der Waals surface area contributed by atoms with Crippen molar-refractivity contribution in [1.29, 1.82) is 0 Å². The monoisotopic (exact) mass is 266 g/mol. The third-order valence-electron chi connectivity index (χ3n) is 2.87. The van der Waals surface area contributed by atoms with Gasteiger partial charge in [-0.1, -0.05) is 6.92 Å². The Morgan fingerprint density at radius 3 is 2.53 bits per heavy atom. The number of hydrogen-bond donors (Lipinski definition) is 2. The summed E-state index contributed by atoms with van der Waals surface area (Å²) in [6.07, 6.45) is 0.